The lowest BCUT2D eigenvalue weighted by Crippen LogP contribution is -2.33. The van der Waals surface area contributed by atoms with Crippen molar-refractivity contribution in [3.8, 4) is 0 Å². The van der Waals surface area contributed by atoms with Gasteiger partial charge in [-0.3, -0.25) is 4.55 Å². The third-order valence-corrected chi connectivity index (χ3v) is 5.16. The Bertz CT molecular complexity index is 1010. The first kappa shape index (κ1) is 17.8. The van der Waals surface area contributed by atoms with E-state index in [-0.39, 0.29) is 5.75 Å². The summed E-state index contributed by atoms with van der Waals surface area (Å²) in [6.07, 6.45) is 10.2. The molecule has 0 aliphatic heterocycles. The van der Waals surface area contributed by atoms with Gasteiger partial charge in [-0.2, -0.15) is 8.42 Å². The van der Waals surface area contributed by atoms with Crippen LogP contribution < -0.4 is 4.57 Å². The number of halogens is 1. The van der Waals surface area contributed by atoms with Gasteiger partial charge in [-0.1, -0.05) is 28.1 Å². The highest BCUT2D eigenvalue weighted by molar-refractivity contribution is 9.10. The molecular formula is C18H18BrN2O3S+. The predicted octanol–water partition coefficient (Wildman–Crippen LogP) is 3.67. The van der Waals surface area contributed by atoms with Gasteiger partial charge in [-0.15, -0.1) is 0 Å². The zero-order valence-corrected chi connectivity index (χ0v) is 15.8. The minimum atomic E-state index is -3.89. The van der Waals surface area contributed by atoms with Crippen LogP contribution in [-0.4, -0.2) is 23.7 Å². The molecule has 0 atom stereocenters. The number of benzene rings is 1. The molecule has 0 amide bonds. The molecule has 2 aromatic heterocycles. The molecule has 2 heterocycles. The zero-order chi connectivity index (χ0) is 17.9. The molecule has 2 N–H and O–H groups in total. The van der Waals surface area contributed by atoms with Crippen LogP contribution in [-0.2, 0) is 16.7 Å². The normalized spacial score (nSPS) is 12.2. The van der Waals surface area contributed by atoms with E-state index in [9.17, 15) is 8.42 Å². The van der Waals surface area contributed by atoms with Crippen molar-refractivity contribution in [3.05, 3.63) is 64.5 Å². The van der Waals surface area contributed by atoms with Crippen LogP contribution in [0.1, 0.15) is 17.5 Å². The van der Waals surface area contributed by atoms with Crippen molar-refractivity contribution in [2.24, 2.45) is 0 Å². The average Bonchev–Trinajstić information content (AvgIpc) is 2.95. The number of hydrogen-bond acceptors (Lipinski definition) is 2. The molecule has 3 rings (SSSR count). The van der Waals surface area contributed by atoms with E-state index in [4.69, 9.17) is 4.55 Å². The monoisotopic (exact) mass is 421 g/mol. The fraction of sp³-hybridized carbons (Fsp3) is 0.167. The van der Waals surface area contributed by atoms with E-state index in [2.05, 4.69) is 33.1 Å². The molecule has 0 bridgehead atoms. The standard InChI is InChI=1S/C18H17BrN2O3S/c19-16-4-5-18-17(12-16)15(13-20-18)3-2-14-6-9-21(10-7-14)8-1-11-25(22,23)24/h2-7,9-10,12-13H,1,8,11H2,(H,22,23,24)/p+1. The highest BCUT2D eigenvalue weighted by atomic mass is 79.9. The Hall–Kier alpha value is -1.96. The molecule has 5 nitrogen and oxygen atoms in total. The van der Waals surface area contributed by atoms with Crippen LogP contribution in [0.15, 0.2) is 53.4 Å². The highest BCUT2D eigenvalue weighted by Crippen LogP contribution is 2.24. The SMILES string of the molecule is O=S(=O)(O)CCC[n+]1ccc(C=Cc2c[nH]c3ccc(Br)cc23)cc1. The smallest absolute Gasteiger partial charge is 0.265 e. The number of aromatic nitrogens is 2. The van der Waals surface area contributed by atoms with Gasteiger partial charge in [0, 0.05) is 40.1 Å². The Morgan fingerprint density at radius 2 is 1.92 bits per heavy atom. The first-order chi connectivity index (χ1) is 11.9. The van der Waals surface area contributed by atoms with Gasteiger partial charge in [0.2, 0.25) is 0 Å². The Morgan fingerprint density at radius 1 is 1.16 bits per heavy atom. The summed E-state index contributed by atoms with van der Waals surface area (Å²) in [5.41, 5.74) is 3.25. The topological polar surface area (TPSA) is 74.0 Å². The summed E-state index contributed by atoms with van der Waals surface area (Å²) in [4.78, 5) is 3.25. The van der Waals surface area contributed by atoms with Gasteiger partial charge in [0.25, 0.3) is 10.1 Å². The molecule has 3 aromatic rings. The van der Waals surface area contributed by atoms with Crippen molar-refractivity contribution in [1.29, 1.82) is 0 Å². The second kappa shape index (κ2) is 7.51. The van der Waals surface area contributed by atoms with Crippen LogP contribution >= 0.6 is 15.9 Å². The maximum Gasteiger partial charge on any atom is 0.265 e. The van der Waals surface area contributed by atoms with Crippen molar-refractivity contribution in [3.63, 3.8) is 0 Å². The summed E-state index contributed by atoms with van der Waals surface area (Å²) in [5.74, 6) is -0.224. The number of H-pyrrole nitrogens is 1. The van der Waals surface area contributed by atoms with E-state index < -0.39 is 10.1 Å². The van der Waals surface area contributed by atoms with Crippen LogP contribution in [0, 0.1) is 0 Å². The summed E-state index contributed by atoms with van der Waals surface area (Å²) in [6, 6.07) is 10.1. The molecule has 7 heteroatoms. The maximum atomic E-state index is 10.7. The molecule has 0 aliphatic carbocycles. The fourth-order valence-corrected chi connectivity index (χ4v) is 3.45. The second-order valence-corrected chi connectivity index (χ2v) is 8.26. The fourth-order valence-electron chi connectivity index (χ4n) is 2.60. The third-order valence-electron chi connectivity index (χ3n) is 3.87. The van der Waals surface area contributed by atoms with Gasteiger partial charge in [0.05, 0.1) is 5.75 Å². The van der Waals surface area contributed by atoms with Crippen molar-refractivity contribution in [1.82, 2.24) is 4.98 Å². The molecular weight excluding hydrogens is 404 g/mol. The van der Waals surface area contributed by atoms with Crippen LogP contribution in [0.5, 0.6) is 0 Å². The quantitative estimate of drug-likeness (QED) is 0.470. The molecule has 0 radical (unpaired) electrons. The lowest BCUT2D eigenvalue weighted by atomic mass is 10.1. The van der Waals surface area contributed by atoms with Crippen molar-refractivity contribution >= 4 is 49.1 Å². The first-order valence-electron chi connectivity index (χ1n) is 7.80. The molecule has 0 fully saturated rings. The minimum absolute atomic E-state index is 0.224. The highest BCUT2D eigenvalue weighted by Gasteiger charge is 2.07. The van der Waals surface area contributed by atoms with E-state index in [1.165, 1.54) is 0 Å². The molecule has 0 saturated carbocycles. The number of aryl methyl sites for hydroxylation is 1. The number of pyridine rings is 1. The Labute approximate surface area is 154 Å². The summed E-state index contributed by atoms with van der Waals surface area (Å²) in [6.45, 7) is 0.542. The average molecular weight is 422 g/mol. The van der Waals surface area contributed by atoms with Gasteiger partial charge < -0.3 is 4.98 Å². The van der Waals surface area contributed by atoms with Crippen molar-refractivity contribution < 1.29 is 17.5 Å². The summed E-state index contributed by atoms with van der Waals surface area (Å²) in [5, 5.41) is 1.15. The lowest BCUT2D eigenvalue weighted by Gasteiger charge is -1.97. The zero-order valence-electron chi connectivity index (χ0n) is 13.4. The molecule has 130 valence electrons. The molecule has 25 heavy (non-hydrogen) atoms. The van der Waals surface area contributed by atoms with E-state index in [1.54, 1.807) is 0 Å². The molecule has 0 aliphatic rings. The van der Waals surface area contributed by atoms with Crippen LogP contribution in [0.3, 0.4) is 0 Å². The largest absolute Gasteiger partial charge is 0.361 e. The molecule has 0 unspecified atom stereocenters. The van der Waals surface area contributed by atoms with E-state index >= 15 is 0 Å². The van der Waals surface area contributed by atoms with Gasteiger partial charge >= 0.3 is 0 Å². The van der Waals surface area contributed by atoms with Crippen molar-refractivity contribution in [2.75, 3.05) is 5.75 Å². The van der Waals surface area contributed by atoms with Gasteiger partial charge in [0.15, 0.2) is 12.4 Å². The van der Waals surface area contributed by atoms with Gasteiger partial charge in [0.1, 0.15) is 6.54 Å². The first-order valence-corrected chi connectivity index (χ1v) is 10.2. The number of rotatable bonds is 6. The van der Waals surface area contributed by atoms with Crippen LogP contribution in [0.2, 0.25) is 0 Å². The molecule has 1 aromatic carbocycles. The van der Waals surface area contributed by atoms with Gasteiger partial charge in [-0.25, -0.2) is 4.57 Å². The number of fused-ring (bicyclic) bond motifs is 1. The van der Waals surface area contributed by atoms with E-state index in [0.29, 0.717) is 13.0 Å². The molecule has 0 spiro atoms. The number of nitrogens with one attached hydrogen (secondary N) is 1. The van der Waals surface area contributed by atoms with Crippen molar-refractivity contribution in [2.45, 2.75) is 13.0 Å². The Kier molecular flexibility index (Phi) is 5.36. The van der Waals surface area contributed by atoms with E-state index in [0.717, 1.165) is 26.5 Å². The summed E-state index contributed by atoms with van der Waals surface area (Å²) >= 11 is 3.49. The second-order valence-electron chi connectivity index (χ2n) is 5.78. The minimum Gasteiger partial charge on any atom is -0.361 e. The third kappa shape index (κ3) is 5.01. The summed E-state index contributed by atoms with van der Waals surface area (Å²) < 4.78 is 33.1. The van der Waals surface area contributed by atoms with Crippen LogP contribution in [0.25, 0.3) is 23.1 Å². The lowest BCUT2D eigenvalue weighted by molar-refractivity contribution is -0.696. The predicted molar refractivity (Wildman–Crippen MR) is 103 cm³/mol. The number of hydrogen-bond donors (Lipinski definition) is 2. The maximum absolute atomic E-state index is 10.7. The molecule has 0 saturated heterocycles. The van der Waals surface area contributed by atoms with E-state index in [1.807, 2.05) is 53.5 Å². The number of nitrogens with zero attached hydrogens (tertiary/aromatic N) is 1. The summed E-state index contributed by atoms with van der Waals surface area (Å²) in [7, 11) is -3.89. The Morgan fingerprint density at radius 3 is 2.64 bits per heavy atom. The Balaban J connectivity index is 1.68. The van der Waals surface area contributed by atoms with Crippen LogP contribution in [0.4, 0.5) is 0 Å². The number of aromatic amines is 1. The van der Waals surface area contributed by atoms with Gasteiger partial charge in [-0.05, 0) is 29.3 Å².